The van der Waals surface area contributed by atoms with Crippen molar-refractivity contribution in [3.63, 3.8) is 0 Å². The lowest BCUT2D eigenvalue weighted by Gasteiger charge is -2.13. The summed E-state index contributed by atoms with van der Waals surface area (Å²) < 4.78 is 11.4. The van der Waals surface area contributed by atoms with Crippen molar-refractivity contribution < 1.29 is 19.4 Å². The Bertz CT molecular complexity index is 1120. The molecular weight excluding hydrogens is 380 g/mol. The van der Waals surface area contributed by atoms with E-state index in [1.165, 1.54) is 18.2 Å². The van der Waals surface area contributed by atoms with Crippen LogP contribution in [0.3, 0.4) is 0 Å². The van der Waals surface area contributed by atoms with Gasteiger partial charge in [-0.2, -0.15) is 5.26 Å². The summed E-state index contributed by atoms with van der Waals surface area (Å²) in [6.07, 6.45) is 1.53. The van der Waals surface area contributed by atoms with Crippen LogP contribution in [-0.2, 0) is 4.79 Å². The van der Waals surface area contributed by atoms with Crippen LogP contribution in [-0.4, -0.2) is 24.2 Å². The fourth-order valence-electron chi connectivity index (χ4n) is 3.02. The van der Waals surface area contributed by atoms with Crippen LogP contribution in [0.2, 0.25) is 0 Å². The zero-order valence-corrected chi connectivity index (χ0v) is 16.8. The molecule has 0 aliphatic rings. The molecule has 0 fully saturated rings. The van der Waals surface area contributed by atoms with Crippen LogP contribution in [0, 0.1) is 11.3 Å². The van der Waals surface area contributed by atoms with Crippen molar-refractivity contribution in [2.45, 2.75) is 13.8 Å². The normalized spacial score (nSPS) is 11.0. The van der Waals surface area contributed by atoms with Crippen LogP contribution in [0.5, 0.6) is 17.2 Å². The molecule has 152 valence electrons. The Balaban J connectivity index is 2.06. The van der Waals surface area contributed by atoms with Crippen LogP contribution in [0.4, 0.5) is 5.69 Å². The van der Waals surface area contributed by atoms with Crippen LogP contribution in [0.1, 0.15) is 19.4 Å². The number of phenolic OH excluding ortho intramolecular Hbond substituents is 1. The second-order valence-electron chi connectivity index (χ2n) is 6.40. The second kappa shape index (κ2) is 9.48. The number of carbonyl (C=O) groups is 1. The van der Waals surface area contributed by atoms with Crippen molar-refractivity contribution in [1.82, 2.24) is 0 Å². The number of aromatic hydroxyl groups is 1. The van der Waals surface area contributed by atoms with E-state index in [2.05, 4.69) is 5.32 Å². The highest BCUT2D eigenvalue weighted by atomic mass is 16.5. The Morgan fingerprint density at radius 1 is 1.07 bits per heavy atom. The first kappa shape index (κ1) is 20.7. The van der Waals surface area contributed by atoms with Gasteiger partial charge in [-0.25, -0.2) is 0 Å². The van der Waals surface area contributed by atoms with Gasteiger partial charge < -0.3 is 19.9 Å². The van der Waals surface area contributed by atoms with Crippen molar-refractivity contribution in [3.8, 4) is 23.3 Å². The van der Waals surface area contributed by atoms with Gasteiger partial charge in [-0.05, 0) is 73.2 Å². The predicted octanol–water partition coefficient (Wildman–Crippen LogP) is 4.89. The van der Waals surface area contributed by atoms with Gasteiger partial charge in [0, 0.05) is 11.3 Å². The number of phenols is 1. The molecule has 0 aliphatic heterocycles. The molecule has 0 aliphatic carbocycles. The van der Waals surface area contributed by atoms with E-state index in [4.69, 9.17) is 9.47 Å². The fourth-order valence-corrected chi connectivity index (χ4v) is 3.02. The van der Waals surface area contributed by atoms with E-state index in [1.807, 2.05) is 50.2 Å². The number of amides is 1. The lowest BCUT2D eigenvalue weighted by molar-refractivity contribution is -0.112. The Morgan fingerprint density at radius 3 is 2.43 bits per heavy atom. The first-order chi connectivity index (χ1) is 14.5. The summed E-state index contributed by atoms with van der Waals surface area (Å²) >= 11 is 0. The second-order valence-corrected chi connectivity index (χ2v) is 6.40. The van der Waals surface area contributed by atoms with E-state index in [1.54, 1.807) is 12.1 Å². The maximum atomic E-state index is 12.7. The number of ether oxygens (including phenoxy) is 2. The van der Waals surface area contributed by atoms with E-state index < -0.39 is 5.91 Å². The van der Waals surface area contributed by atoms with Crippen LogP contribution < -0.4 is 14.8 Å². The monoisotopic (exact) mass is 402 g/mol. The van der Waals surface area contributed by atoms with Gasteiger partial charge in [-0.15, -0.1) is 0 Å². The molecule has 2 N–H and O–H groups in total. The van der Waals surface area contributed by atoms with Crippen molar-refractivity contribution in [3.05, 3.63) is 65.7 Å². The van der Waals surface area contributed by atoms with Crippen molar-refractivity contribution >= 4 is 28.4 Å². The number of nitriles is 1. The molecule has 3 aromatic rings. The van der Waals surface area contributed by atoms with Gasteiger partial charge in [-0.1, -0.05) is 12.1 Å². The molecule has 3 rings (SSSR count). The fraction of sp³-hybridized carbons (Fsp3) is 0.167. The summed E-state index contributed by atoms with van der Waals surface area (Å²) in [5.74, 6) is 0.805. The first-order valence-electron chi connectivity index (χ1n) is 9.60. The Morgan fingerprint density at radius 2 is 1.77 bits per heavy atom. The summed E-state index contributed by atoms with van der Waals surface area (Å²) in [5, 5.41) is 23.4. The molecule has 30 heavy (non-hydrogen) atoms. The Kier molecular flexibility index (Phi) is 6.56. The first-order valence-corrected chi connectivity index (χ1v) is 9.60. The van der Waals surface area contributed by atoms with Crippen LogP contribution in [0.25, 0.3) is 16.8 Å². The minimum Gasteiger partial charge on any atom is -0.508 e. The highest BCUT2D eigenvalue weighted by Crippen LogP contribution is 2.33. The molecule has 0 saturated heterocycles. The third kappa shape index (κ3) is 4.70. The van der Waals surface area contributed by atoms with E-state index in [0.717, 1.165) is 10.8 Å². The van der Waals surface area contributed by atoms with Crippen LogP contribution >= 0.6 is 0 Å². The lowest BCUT2D eigenvalue weighted by Crippen LogP contribution is -2.13. The number of anilines is 1. The third-order valence-corrected chi connectivity index (χ3v) is 4.38. The van der Waals surface area contributed by atoms with E-state index in [-0.39, 0.29) is 11.3 Å². The molecule has 0 spiro atoms. The molecule has 6 nitrogen and oxygen atoms in total. The molecule has 0 saturated carbocycles. The summed E-state index contributed by atoms with van der Waals surface area (Å²) in [7, 11) is 0. The maximum absolute atomic E-state index is 12.7. The zero-order valence-electron chi connectivity index (χ0n) is 16.8. The summed E-state index contributed by atoms with van der Waals surface area (Å²) in [6, 6.07) is 17.4. The van der Waals surface area contributed by atoms with Crippen molar-refractivity contribution in [2.75, 3.05) is 18.5 Å². The lowest BCUT2D eigenvalue weighted by atomic mass is 10.0. The highest BCUT2D eigenvalue weighted by Gasteiger charge is 2.14. The molecule has 1 amide bonds. The maximum Gasteiger partial charge on any atom is 0.266 e. The molecule has 6 heteroatoms. The number of hydrogen-bond donors (Lipinski definition) is 2. The molecule has 0 aromatic heterocycles. The van der Waals surface area contributed by atoms with Crippen LogP contribution in [0.15, 0.2) is 60.2 Å². The number of rotatable bonds is 7. The predicted molar refractivity (Wildman–Crippen MR) is 117 cm³/mol. The summed E-state index contributed by atoms with van der Waals surface area (Å²) in [6.45, 7) is 4.75. The topological polar surface area (TPSA) is 91.6 Å². The largest absolute Gasteiger partial charge is 0.508 e. The van der Waals surface area contributed by atoms with Gasteiger partial charge in [0.2, 0.25) is 0 Å². The molecule has 0 heterocycles. The van der Waals surface area contributed by atoms with E-state index >= 15 is 0 Å². The molecule has 3 aromatic carbocycles. The van der Waals surface area contributed by atoms with E-state index in [0.29, 0.717) is 36.0 Å². The van der Waals surface area contributed by atoms with Crippen molar-refractivity contribution in [2.24, 2.45) is 0 Å². The highest BCUT2D eigenvalue weighted by molar-refractivity contribution is 6.11. The number of nitrogens with one attached hydrogen (secondary N) is 1. The number of carbonyl (C=O) groups excluding carboxylic acids is 1. The van der Waals surface area contributed by atoms with Crippen molar-refractivity contribution in [1.29, 1.82) is 5.26 Å². The van der Waals surface area contributed by atoms with Gasteiger partial charge in [0.15, 0.2) is 0 Å². The number of nitrogens with zero attached hydrogens (tertiary/aromatic N) is 1. The molecule has 0 atom stereocenters. The number of hydrogen-bond acceptors (Lipinski definition) is 5. The summed E-state index contributed by atoms with van der Waals surface area (Å²) in [4.78, 5) is 12.7. The van der Waals surface area contributed by atoms with Gasteiger partial charge in [0.25, 0.3) is 5.91 Å². The average Bonchev–Trinajstić information content (AvgIpc) is 2.75. The standard InChI is InChI=1S/C24H22N2O4/c1-3-29-20-11-5-16-6-12-23(30-4-2)22(21(16)14-20)13-17(15-25)24(28)26-18-7-9-19(27)10-8-18/h5-14,27H,3-4H2,1-2H3,(H,26,28)/b17-13+. The zero-order chi connectivity index (χ0) is 21.5. The average molecular weight is 402 g/mol. The third-order valence-electron chi connectivity index (χ3n) is 4.38. The molecule has 0 unspecified atom stereocenters. The van der Waals surface area contributed by atoms with Gasteiger partial charge in [0.1, 0.15) is 28.9 Å². The molecule has 0 radical (unpaired) electrons. The molecule has 0 bridgehead atoms. The quantitative estimate of drug-likeness (QED) is 0.334. The number of benzene rings is 3. The SMILES string of the molecule is CCOc1ccc2ccc(OCC)c(/C=C(\C#N)C(=O)Nc3ccc(O)cc3)c2c1. The molecular formula is C24H22N2O4. The van der Waals surface area contributed by atoms with E-state index in [9.17, 15) is 15.2 Å². The number of fused-ring (bicyclic) bond motifs is 1. The smallest absolute Gasteiger partial charge is 0.266 e. The minimum atomic E-state index is -0.552. The van der Waals surface area contributed by atoms with Gasteiger partial charge in [0.05, 0.1) is 13.2 Å². The van der Waals surface area contributed by atoms with Gasteiger partial charge in [-0.3, -0.25) is 4.79 Å². The summed E-state index contributed by atoms with van der Waals surface area (Å²) in [5.41, 5.74) is 1.03. The Hall–Kier alpha value is -3.98. The van der Waals surface area contributed by atoms with Gasteiger partial charge >= 0.3 is 0 Å². The minimum absolute atomic E-state index is 0.0710. The Labute approximate surface area is 175 Å².